The zero-order valence-corrected chi connectivity index (χ0v) is 17.0. The number of amides is 1. The highest BCUT2D eigenvalue weighted by molar-refractivity contribution is 6.51. The molecule has 0 spiro atoms. The van der Waals surface area contributed by atoms with Gasteiger partial charge in [0.05, 0.1) is 11.8 Å². The molecular weight excluding hydrogens is 380 g/mol. The van der Waals surface area contributed by atoms with Crippen molar-refractivity contribution in [1.29, 1.82) is 0 Å². The Morgan fingerprint density at radius 1 is 1.03 bits per heavy atom. The number of aromatic nitrogens is 1. The van der Waals surface area contributed by atoms with Gasteiger partial charge in [0, 0.05) is 23.6 Å². The largest absolute Gasteiger partial charge is 0.507 e. The Hall–Kier alpha value is -3.67. The lowest BCUT2D eigenvalue weighted by atomic mass is 9.87. The second-order valence-electron chi connectivity index (χ2n) is 8.22. The molecule has 30 heavy (non-hydrogen) atoms. The highest BCUT2D eigenvalue weighted by atomic mass is 16.3. The number of nitrogens with zero attached hydrogens (tertiary/aromatic N) is 2. The number of carbonyl (C=O) groups excluding carboxylic acids is 2. The normalized spacial score (nSPS) is 18.8. The minimum absolute atomic E-state index is 0.0129. The zero-order chi connectivity index (χ0) is 21.5. The molecule has 0 bridgehead atoms. The first-order chi connectivity index (χ1) is 14.3. The molecule has 1 aliphatic heterocycles. The molecule has 3 heterocycles. The minimum atomic E-state index is -0.867. The Labute approximate surface area is 174 Å². The summed E-state index contributed by atoms with van der Waals surface area (Å²) >= 11 is 0. The van der Waals surface area contributed by atoms with Crippen molar-refractivity contribution in [2.45, 2.75) is 32.2 Å². The summed E-state index contributed by atoms with van der Waals surface area (Å²) in [5.41, 5.74) is 2.01. The van der Waals surface area contributed by atoms with Gasteiger partial charge in [-0.2, -0.15) is 0 Å². The Kier molecular flexibility index (Phi) is 4.78. The van der Waals surface area contributed by atoms with Crippen molar-refractivity contribution in [3.05, 3.63) is 89.6 Å². The fourth-order valence-corrected chi connectivity index (χ4v) is 3.60. The number of pyridine rings is 1. The summed E-state index contributed by atoms with van der Waals surface area (Å²) in [5, 5.41) is 10.9. The molecule has 152 valence electrons. The Morgan fingerprint density at radius 2 is 1.70 bits per heavy atom. The molecule has 1 aromatic carbocycles. The van der Waals surface area contributed by atoms with Gasteiger partial charge < -0.3 is 9.52 Å². The van der Waals surface area contributed by atoms with Gasteiger partial charge >= 0.3 is 0 Å². The van der Waals surface area contributed by atoms with Crippen LogP contribution in [0.1, 0.15) is 43.7 Å². The van der Waals surface area contributed by atoms with Crippen LogP contribution in [0.4, 0.5) is 5.69 Å². The molecule has 1 aliphatic rings. The number of anilines is 1. The number of rotatable bonds is 3. The number of furan rings is 1. The molecule has 1 amide bonds. The zero-order valence-electron chi connectivity index (χ0n) is 17.0. The number of hydrogen-bond donors (Lipinski definition) is 1. The number of aliphatic hydroxyl groups excluding tert-OH is 1. The van der Waals surface area contributed by atoms with Crippen LogP contribution in [0.2, 0.25) is 0 Å². The van der Waals surface area contributed by atoms with E-state index in [-0.39, 0.29) is 16.7 Å². The molecule has 0 aliphatic carbocycles. The van der Waals surface area contributed by atoms with E-state index in [1.165, 1.54) is 23.6 Å². The van der Waals surface area contributed by atoms with E-state index in [4.69, 9.17) is 4.42 Å². The van der Waals surface area contributed by atoms with Gasteiger partial charge in [0.1, 0.15) is 17.6 Å². The van der Waals surface area contributed by atoms with Crippen molar-refractivity contribution in [3.8, 4) is 0 Å². The van der Waals surface area contributed by atoms with Crippen molar-refractivity contribution in [1.82, 2.24) is 4.98 Å². The van der Waals surface area contributed by atoms with Crippen molar-refractivity contribution in [2.24, 2.45) is 0 Å². The summed E-state index contributed by atoms with van der Waals surface area (Å²) < 4.78 is 5.56. The molecule has 1 unspecified atom stereocenters. The average molecular weight is 402 g/mol. The van der Waals surface area contributed by atoms with Gasteiger partial charge in [0.15, 0.2) is 0 Å². The van der Waals surface area contributed by atoms with Crippen LogP contribution in [0.5, 0.6) is 0 Å². The SMILES string of the molecule is CC(C)(C)c1ccc(N2C(=O)C(=O)/C(=C(\O)c3ccncc3)C2c2ccco2)cc1. The lowest BCUT2D eigenvalue weighted by Gasteiger charge is -2.25. The maximum Gasteiger partial charge on any atom is 0.300 e. The van der Waals surface area contributed by atoms with Gasteiger partial charge in [0.25, 0.3) is 11.7 Å². The molecule has 6 nitrogen and oxygen atoms in total. The predicted molar refractivity (Wildman–Crippen MR) is 113 cm³/mol. The number of aliphatic hydroxyl groups is 1. The smallest absolute Gasteiger partial charge is 0.300 e. The lowest BCUT2D eigenvalue weighted by molar-refractivity contribution is -0.132. The molecule has 0 radical (unpaired) electrons. The highest BCUT2D eigenvalue weighted by Gasteiger charge is 2.48. The maximum atomic E-state index is 13.0. The molecular formula is C24H22N2O4. The number of benzene rings is 1. The lowest BCUT2D eigenvalue weighted by Crippen LogP contribution is -2.29. The molecule has 1 fully saturated rings. The second-order valence-corrected chi connectivity index (χ2v) is 8.22. The highest BCUT2D eigenvalue weighted by Crippen LogP contribution is 2.42. The number of ketones is 1. The van der Waals surface area contributed by atoms with Crippen LogP contribution in [-0.2, 0) is 15.0 Å². The van der Waals surface area contributed by atoms with Gasteiger partial charge in [-0.15, -0.1) is 0 Å². The number of hydrogen-bond acceptors (Lipinski definition) is 5. The van der Waals surface area contributed by atoms with Gasteiger partial charge in [-0.1, -0.05) is 32.9 Å². The second kappa shape index (κ2) is 7.30. The summed E-state index contributed by atoms with van der Waals surface area (Å²) in [6.07, 6.45) is 4.50. The Bertz CT molecular complexity index is 1110. The topological polar surface area (TPSA) is 83.6 Å². The van der Waals surface area contributed by atoms with E-state index in [1.54, 1.807) is 24.3 Å². The van der Waals surface area contributed by atoms with E-state index in [9.17, 15) is 14.7 Å². The summed E-state index contributed by atoms with van der Waals surface area (Å²) in [6.45, 7) is 6.31. The van der Waals surface area contributed by atoms with Crippen molar-refractivity contribution in [3.63, 3.8) is 0 Å². The summed E-state index contributed by atoms with van der Waals surface area (Å²) in [5.74, 6) is -1.34. The first-order valence-electron chi connectivity index (χ1n) is 9.64. The third-order valence-corrected chi connectivity index (χ3v) is 5.22. The summed E-state index contributed by atoms with van der Waals surface area (Å²) in [4.78, 5) is 31.3. The Balaban J connectivity index is 1.87. The average Bonchev–Trinajstić information content (AvgIpc) is 3.35. The van der Waals surface area contributed by atoms with Crippen molar-refractivity contribution in [2.75, 3.05) is 4.90 Å². The van der Waals surface area contributed by atoms with Crippen LogP contribution in [0, 0.1) is 0 Å². The van der Waals surface area contributed by atoms with Crippen molar-refractivity contribution < 1.29 is 19.1 Å². The maximum absolute atomic E-state index is 13.0. The van der Waals surface area contributed by atoms with Gasteiger partial charge in [-0.05, 0) is 47.4 Å². The molecule has 1 saturated heterocycles. The molecule has 4 rings (SSSR count). The fourth-order valence-electron chi connectivity index (χ4n) is 3.60. The molecule has 1 atom stereocenters. The Morgan fingerprint density at radius 3 is 2.27 bits per heavy atom. The van der Waals surface area contributed by atoms with E-state index in [1.807, 2.05) is 24.3 Å². The molecule has 2 aromatic heterocycles. The summed E-state index contributed by atoms with van der Waals surface area (Å²) in [7, 11) is 0. The van der Waals surface area contributed by atoms with E-state index in [0.29, 0.717) is 17.0 Å². The van der Waals surface area contributed by atoms with Crippen molar-refractivity contribution >= 4 is 23.1 Å². The summed E-state index contributed by atoms with van der Waals surface area (Å²) in [6, 6.07) is 13.2. The van der Waals surface area contributed by atoms with Crippen LogP contribution in [-0.4, -0.2) is 21.8 Å². The van der Waals surface area contributed by atoms with Crippen LogP contribution in [0.25, 0.3) is 5.76 Å². The third kappa shape index (κ3) is 3.30. The first-order valence-corrected chi connectivity index (χ1v) is 9.64. The van der Waals surface area contributed by atoms with Crippen LogP contribution >= 0.6 is 0 Å². The molecule has 1 N–H and O–H groups in total. The van der Waals surface area contributed by atoms with E-state index in [0.717, 1.165) is 5.56 Å². The van der Waals surface area contributed by atoms with Crippen LogP contribution in [0.15, 0.2) is 77.2 Å². The van der Waals surface area contributed by atoms with E-state index >= 15 is 0 Å². The standard InChI is InChI=1S/C24H22N2O4/c1-24(2,3)16-6-8-17(9-7-16)26-20(18-5-4-14-30-18)19(22(28)23(26)29)21(27)15-10-12-25-13-11-15/h4-14,20,27H,1-3H3/b21-19-. The number of Topliss-reactive ketones (excluding diaryl/α,β-unsaturated/α-hetero) is 1. The molecule has 3 aromatic rings. The van der Waals surface area contributed by atoms with Crippen LogP contribution in [0.3, 0.4) is 0 Å². The van der Waals surface area contributed by atoms with E-state index < -0.39 is 17.7 Å². The number of carbonyl (C=O) groups is 2. The fraction of sp³-hybridized carbons (Fsp3) is 0.208. The minimum Gasteiger partial charge on any atom is -0.507 e. The van der Waals surface area contributed by atoms with Gasteiger partial charge in [0.2, 0.25) is 0 Å². The molecule has 0 saturated carbocycles. The quantitative estimate of drug-likeness (QED) is 0.393. The third-order valence-electron chi connectivity index (χ3n) is 5.22. The van der Waals surface area contributed by atoms with Gasteiger partial charge in [-0.3, -0.25) is 19.5 Å². The van der Waals surface area contributed by atoms with E-state index in [2.05, 4.69) is 25.8 Å². The molecule has 6 heteroatoms. The van der Waals surface area contributed by atoms with Crippen LogP contribution < -0.4 is 4.90 Å². The first kappa shape index (κ1) is 19.6. The van der Waals surface area contributed by atoms with Gasteiger partial charge in [-0.25, -0.2) is 0 Å². The monoisotopic (exact) mass is 402 g/mol. The predicted octanol–water partition coefficient (Wildman–Crippen LogP) is 4.60.